The van der Waals surface area contributed by atoms with Gasteiger partial charge in [-0.25, -0.2) is 0 Å². The van der Waals surface area contributed by atoms with E-state index < -0.39 is 6.04 Å². The van der Waals surface area contributed by atoms with Gasteiger partial charge in [-0.05, 0) is 35.2 Å². The molecule has 0 aliphatic rings. The minimum absolute atomic E-state index is 0.0493. The highest BCUT2D eigenvalue weighted by Gasteiger charge is 2.30. The summed E-state index contributed by atoms with van der Waals surface area (Å²) >= 11 is 0. The fourth-order valence-corrected chi connectivity index (χ4v) is 4.08. The summed E-state index contributed by atoms with van der Waals surface area (Å²) in [7, 11) is 0. The van der Waals surface area contributed by atoms with E-state index in [1.54, 1.807) is 17.2 Å². The maximum absolute atomic E-state index is 13.6. The molecule has 0 saturated heterocycles. The summed E-state index contributed by atoms with van der Waals surface area (Å²) in [4.78, 5) is 28.8. The van der Waals surface area contributed by atoms with Crippen LogP contribution in [-0.2, 0) is 35.5 Å². The van der Waals surface area contributed by atoms with Gasteiger partial charge in [0.15, 0.2) is 0 Å². The summed E-state index contributed by atoms with van der Waals surface area (Å²) in [5.41, 5.74) is 3.08. The predicted molar refractivity (Wildman–Crippen MR) is 136 cm³/mol. The van der Waals surface area contributed by atoms with Crippen LogP contribution in [0.1, 0.15) is 28.9 Å². The zero-order valence-electron chi connectivity index (χ0n) is 19.7. The molecule has 1 aromatic heterocycles. The summed E-state index contributed by atoms with van der Waals surface area (Å²) in [6, 6.07) is 32.5. The lowest BCUT2D eigenvalue weighted by molar-refractivity contribution is -0.141. The SMILES string of the molecule is O=C(NCc1ccco1)C(Cc1ccccc1)N(Cc1ccccc1)C(=O)CCc1ccccc1. The van der Waals surface area contributed by atoms with E-state index in [1.165, 1.54) is 0 Å². The lowest BCUT2D eigenvalue weighted by atomic mass is 10.0. The average Bonchev–Trinajstić information content (AvgIpc) is 3.43. The Labute approximate surface area is 206 Å². The number of hydrogen-bond acceptors (Lipinski definition) is 3. The van der Waals surface area contributed by atoms with Crippen molar-refractivity contribution in [2.75, 3.05) is 0 Å². The largest absolute Gasteiger partial charge is 0.467 e. The second-order valence-corrected chi connectivity index (χ2v) is 8.50. The summed E-state index contributed by atoms with van der Waals surface area (Å²) in [6.45, 7) is 0.634. The standard InChI is InChI=1S/C30H30N2O3/c33-29(19-18-24-11-4-1-5-12-24)32(23-26-15-8-3-9-16-26)28(21-25-13-6-2-7-14-25)30(34)31-22-27-17-10-20-35-27/h1-17,20,28H,18-19,21-23H2,(H,31,34). The molecular weight excluding hydrogens is 436 g/mol. The van der Waals surface area contributed by atoms with Gasteiger partial charge in [-0.15, -0.1) is 0 Å². The molecule has 4 aromatic rings. The van der Waals surface area contributed by atoms with Gasteiger partial charge >= 0.3 is 0 Å². The molecule has 0 aliphatic carbocycles. The van der Waals surface area contributed by atoms with Crippen molar-refractivity contribution in [2.45, 2.75) is 38.4 Å². The number of amides is 2. The van der Waals surface area contributed by atoms with Gasteiger partial charge in [0.05, 0.1) is 12.8 Å². The number of nitrogens with one attached hydrogen (secondary N) is 1. The number of hydrogen-bond donors (Lipinski definition) is 1. The van der Waals surface area contributed by atoms with E-state index >= 15 is 0 Å². The number of furan rings is 1. The molecule has 35 heavy (non-hydrogen) atoms. The zero-order valence-corrected chi connectivity index (χ0v) is 19.7. The minimum Gasteiger partial charge on any atom is -0.467 e. The molecule has 0 radical (unpaired) electrons. The number of nitrogens with zero attached hydrogens (tertiary/aromatic N) is 1. The van der Waals surface area contributed by atoms with Crippen LogP contribution in [-0.4, -0.2) is 22.8 Å². The molecule has 3 aromatic carbocycles. The first kappa shape index (κ1) is 24.0. The Morgan fingerprint density at radius 1 is 0.743 bits per heavy atom. The summed E-state index contributed by atoms with van der Waals surface area (Å²) in [5.74, 6) is 0.419. The fraction of sp³-hybridized carbons (Fsp3) is 0.200. The monoisotopic (exact) mass is 466 g/mol. The molecule has 0 saturated carbocycles. The molecule has 1 N–H and O–H groups in total. The van der Waals surface area contributed by atoms with Crippen LogP contribution >= 0.6 is 0 Å². The molecular formula is C30H30N2O3. The Morgan fingerprint density at radius 3 is 1.94 bits per heavy atom. The van der Waals surface area contributed by atoms with E-state index in [2.05, 4.69) is 5.32 Å². The van der Waals surface area contributed by atoms with E-state index in [9.17, 15) is 9.59 Å². The average molecular weight is 467 g/mol. The van der Waals surface area contributed by atoms with Crippen LogP contribution in [0.15, 0.2) is 114 Å². The highest BCUT2D eigenvalue weighted by Crippen LogP contribution is 2.17. The third-order valence-corrected chi connectivity index (χ3v) is 5.95. The van der Waals surface area contributed by atoms with Crippen molar-refractivity contribution in [3.63, 3.8) is 0 Å². The molecule has 5 heteroatoms. The van der Waals surface area contributed by atoms with Crippen LogP contribution in [0.5, 0.6) is 0 Å². The molecule has 0 aliphatic heterocycles. The maximum Gasteiger partial charge on any atom is 0.243 e. The van der Waals surface area contributed by atoms with Crippen LogP contribution in [0, 0.1) is 0 Å². The van der Waals surface area contributed by atoms with E-state index in [4.69, 9.17) is 4.42 Å². The van der Waals surface area contributed by atoms with Crippen molar-refractivity contribution in [2.24, 2.45) is 0 Å². The predicted octanol–water partition coefficient (Wildman–Crippen LogP) is 5.17. The van der Waals surface area contributed by atoms with Crippen LogP contribution in [0.4, 0.5) is 0 Å². The highest BCUT2D eigenvalue weighted by atomic mass is 16.3. The van der Waals surface area contributed by atoms with Crippen molar-refractivity contribution >= 4 is 11.8 Å². The Morgan fingerprint density at radius 2 is 1.34 bits per heavy atom. The molecule has 1 heterocycles. The van der Waals surface area contributed by atoms with Crippen LogP contribution in [0.2, 0.25) is 0 Å². The van der Waals surface area contributed by atoms with Crippen LogP contribution < -0.4 is 5.32 Å². The third kappa shape index (κ3) is 7.18. The van der Waals surface area contributed by atoms with Gasteiger partial charge in [0.1, 0.15) is 11.8 Å². The van der Waals surface area contributed by atoms with E-state index in [0.29, 0.717) is 31.6 Å². The van der Waals surface area contributed by atoms with E-state index in [0.717, 1.165) is 16.7 Å². The molecule has 5 nitrogen and oxygen atoms in total. The second kappa shape index (κ2) is 12.4. The Hall–Kier alpha value is -4.12. The Kier molecular flexibility index (Phi) is 8.49. The molecule has 1 unspecified atom stereocenters. The Balaban J connectivity index is 1.58. The smallest absolute Gasteiger partial charge is 0.243 e. The molecule has 0 spiro atoms. The lowest BCUT2D eigenvalue weighted by Crippen LogP contribution is -2.50. The van der Waals surface area contributed by atoms with Crippen LogP contribution in [0.25, 0.3) is 0 Å². The zero-order chi connectivity index (χ0) is 24.3. The van der Waals surface area contributed by atoms with Crippen LogP contribution in [0.3, 0.4) is 0 Å². The van der Waals surface area contributed by atoms with E-state index in [1.807, 2.05) is 97.1 Å². The minimum atomic E-state index is -0.657. The summed E-state index contributed by atoms with van der Waals surface area (Å²) < 4.78 is 5.38. The van der Waals surface area contributed by atoms with Gasteiger partial charge in [-0.2, -0.15) is 0 Å². The van der Waals surface area contributed by atoms with Gasteiger partial charge in [0.2, 0.25) is 11.8 Å². The normalized spacial score (nSPS) is 11.5. The summed E-state index contributed by atoms with van der Waals surface area (Å²) in [5, 5.41) is 2.97. The maximum atomic E-state index is 13.6. The topological polar surface area (TPSA) is 62.6 Å². The van der Waals surface area contributed by atoms with Crippen molar-refractivity contribution in [3.8, 4) is 0 Å². The van der Waals surface area contributed by atoms with Crippen molar-refractivity contribution < 1.29 is 14.0 Å². The van der Waals surface area contributed by atoms with E-state index in [-0.39, 0.29) is 18.4 Å². The number of aryl methyl sites for hydroxylation is 1. The van der Waals surface area contributed by atoms with Gasteiger partial charge < -0.3 is 14.6 Å². The number of carbonyl (C=O) groups excluding carboxylic acids is 2. The molecule has 0 bridgehead atoms. The highest BCUT2D eigenvalue weighted by molar-refractivity contribution is 5.88. The number of carbonyl (C=O) groups is 2. The first-order valence-electron chi connectivity index (χ1n) is 11.9. The molecule has 0 fully saturated rings. The van der Waals surface area contributed by atoms with Gasteiger partial charge in [0, 0.05) is 19.4 Å². The van der Waals surface area contributed by atoms with Gasteiger partial charge in [0.25, 0.3) is 0 Å². The Bertz CT molecular complexity index is 1180. The summed E-state index contributed by atoms with van der Waals surface area (Å²) in [6.07, 6.45) is 2.96. The number of rotatable bonds is 11. The van der Waals surface area contributed by atoms with Gasteiger partial charge in [-0.1, -0.05) is 91.0 Å². The lowest BCUT2D eigenvalue weighted by Gasteiger charge is -2.31. The van der Waals surface area contributed by atoms with Crippen molar-refractivity contribution in [1.29, 1.82) is 0 Å². The molecule has 2 amide bonds. The van der Waals surface area contributed by atoms with Crippen molar-refractivity contribution in [3.05, 3.63) is 132 Å². The van der Waals surface area contributed by atoms with Gasteiger partial charge in [-0.3, -0.25) is 9.59 Å². The quantitative estimate of drug-likeness (QED) is 0.332. The third-order valence-electron chi connectivity index (χ3n) is 5.95. The first-order chi connectivity index (χ1) is 17.2. The number of benzene rings is 3. The second-order valence-electron chi connectivity index (χ2n) is 8.50. The van der Waals surface area contributed by atoms with Crippen molar-refractivity contribution in [1.82, 2.24) is 10.2 Å². The molecule has 178 valence electrons. The molecule has 1 atom stereocenters. The fourth-order valence-electron chi connectivity index (χ4n) is 4.08. The molecule has 4 rings (SSSR count). The first-order valence-corrected chi connectivity index (χ1v) is 11.9.